The number of fused-ring (bicyclic) bond motifs is 10. The molecular formula is C47H33NSe. The van der Waals surface area contributed by atoms with E-state index in [0.717, 1.165) is 5.69 Å². The van der Waals surface area contributed by atoms with Crippen LogP contribution in [0.5, 0.6) is 0 Å². The van der Waals surface area contributed by atoms with Crippen LogP contribution in [0.2, 0.25) is 0 Å². The number of anilines is 3. The van der Waals surface area contributed by atoms with Crippen LogP contribution in [0, 0.1) is 0 Å². The Labute approximate surface area is 292 Å². The van der Waals surface area contributed by atoms with E-state index >= 15 is 0 Å². The Bertz CT molecular complexity index is 2750. The average Bonchev–Trinajstić information content (AvgIpc) is 3.65. The summed E-state index contributed by atoms with van der Waals surface area (Å²) in [5.41, 5.74) is 11.4. The fourth-order valence-corrected chi connectivity index (χ4v) is 11.0. The second kappa shape index (κ2) is 10.8. The van der Waals surface area contributed by atoms with E-state index in [9.17, 15) is 0 Å². The number of rotatable bonds is 4. The van der Waals surface area contributed by atoms with Gasteiger partial charge in [0.05, 0.1) is 0 Å². The molecule has 2 heteroatoms. The quantitative estimate of drug-likeness (QED) is 0.131. The van der Waals surface area contributed by atoms with E-state index in [-0.39, 0.29) is 19.9 Å². The first-order valence-corrected chi connectivity index (χ1v) is 18.7. The van der Waals surface area contributed by atoms with Gasteiger partial charge in [0, 0.05) is 0 Å². The maximum absolute atomic E-state index is 2.51. The summed E-state index contributed by atoms with van der Waals surface area (Å²) in [5.74, 6) is 0. The van der Waals surface area contributed by atoms with Crippen molar-refractivity contribution in [3.8, 4) is 22.3 Å². The number of hydrogen-bond acceptors (Lipinski definition) is 1. The van der Waals surface area contributed by atoms with E-state index in [2.05, 4.69) is 183 Å². The summed E-state index contributed by atoms with van der Waals surface area (Å²) >= 11 is 0.183. The first kappa shape index (κ1) is 28.6. The Balaban J connectivity index is 1.27. The molecule has 0 saturated carbocycles. The van der Waals surface area contributed by atoms with Gasteiger partial charge in [-0.1, -0.05) is 0 Å². The van der Waals surface area contributed by atoms with Crippen molar-refractivity contribution in [2.45, 2.75) is 19.3 Å². The fourth-order valence-electron chi connectivity index (χ4n) is 8.27. The Morgan fingerprint density at radius 2 is 1.18 bits per heavy atom. The van der Waals surface area contributed by atoms with E-state index in [1.165, 1.54) is 85.6 Å². The SMILES string of the molecule is CC1(C)c2ccccc2-c2cc(N(c3cccc(-c4ccccc4)c3)c3cccc4[se]c5c(ccc6ccc7ccccc7c65)c34)ccc21. The van der Waals surface area contributed by atoms with Gasteiger partial charge in [-0.25, -0.2) is 0 Å². The number of hydrogen-bond donors (Lipinski definition) is 0. The van der Waals surface area contributed by atoms with Gasteiger partial charge >= 0.3 is 294 Å². The van der Waals surface area contributed by atoms with Crippen molar-refractivity contribution in [2.75, 3.05) is 4.90 Å². The molecule has 0 spiro atoms. The molecule has 0 atom stereocenters. The normalized spacial score (nSPS) is 13.3. The van der Waals surface area contributed by atoms with Crippen LogP contribution in [-0.2, 0) is 5.41 Å². The monoisotopic (exact) mass is 691 g/mol. The standard InChI is InChI=1S/C47H33NSe/c1-47(2)40-19-9-8-18-37(40)39-29-35(25-27-41(39)47)48(34-16-10-15-33(28-34)30-12-4-3-5-13-30)42-20-11-21-43-45(42)38-26-24-32-23-22-31-14-6-7-17-36(31)44(32)46(38)49-43/h3-29H,1-2H3. The van der Waals surface area contributed by atoms with Crippen LogP contribution >= 0.6 is 0 Å². The zero-order valence-corrected chi connectivity index (χ0v) is 29.2. The topological polar surface area (TPSA) is 3.24 Å². The van der Waals surface area contributed by atoms with Crippen molar-refractivity contribution in [3.05, 3.63) is 175 Å². The second-order valence-corrected chi connectivity index (χ2v) is 15.9. The molecule has 0 fully saturated rings. The van der Waals surface area contributed by atoms with E-state index in [1.54, 1.807) is 0 Å². The van der Waals surface area contributed by atoms with Gasteiger partial charge in [-0.15, -0.1) is 0 Å². The average molecular weight is 691 g/mol. The summed E-state index contributed by atoms with van der Waals surface area (Å²) in [4.78, 5) is 2.51. The van der Waals surface area contributed by atoms with Gasteiger partial charge in [-0.05, 0) is 0 Å². The van der Waals surface area contributed by atoms with Gasteiger partial charge < -0.3 is 0 Å². The molecule has 9 aromatic rings. The summed E-state index contributed by atoms with van der Waals surface area (Å²) in [6.45, 7) is 4.71. The molecule has 232 valence electrons. The Morgan fingerprint density at radius 1 is 0.469 bits per heavy atom. The molecular weight excluding hydrogens is 657 g/mol. The minimum atomic E-state index is -0.0399. The molecule has 0 aliphatic heterocycles. The zero-order chi connectivity index (χ0) is 32.7. The van der Waals surface area contributed by atoms with Gasteiger partial charge in [-0.3, -0.25) is 0 Å². The van der Waals surface area contributed by atoms with Crippen LogP contribution in [0.25, 0.3) is 63.1 Å². The number of benzene rings is 8. The van der Waals surface area contributed by atoms with E-state index in [4.69, 9.17) is 0 Å². The molecule has 0 amide bonds. The molecule has 0 saturated heterocycles. The summed E-state index contributed by atoms with van der Waals surface area (Å²) in [5, 5.41) is 8.11. The molecule has 1 aliphatic rings. The zero-order valence-electron chi connectivity index (χ0n) is 27.4. The van der Waals surface area contributed by atoms with Crippen LogP contribution in [0.4, 0.5) is 17.1 Å². The molecule has 1 heterocycles. The Hall–Kier alpha value is -5.40. The van der Waals surface area contributed by atoms with E-state index in [0.29, 0.717) is 0 Å². The number of nitrogens with zero attached hydrogens (tertiary/aromatic N) is 1. The third-order valence-electron chi connectivity index (χ3n) is 10.6. The summed E-state index contributed by atoms with van der Waals surface area (Å²) in [6.07, 6.45) is 0. The van der Waals surface area contributed by atoms with Crippen molar-refractivity contribution >= 4 is 72.4 Å². The van der Waals surface area contributed by atoms with Crippen LogP contribution < -0.4 is 4.90 Å². The molecule has 0 bridgehead atoms. The van der Waals surface area contributed by atoms with E-state index in [1.807, 2.05) is 0 Å². The van der Waals surface area contributed by atoms with Crippen LogP contribution in [-0.4, -0.2) is 14.5 Å². The van der Waals surface area contributed by atoms with Crippen molar-refractivity contribution < 1.29 is 0 Å². The van der Waals surface area contributed by atoms with Gasteiger partial charge in [0.2, 0.25) is 0 Å². The Morgan fingerprint density at radius 3 is 2.10 bits per heavy atom. The minimum absolute atomic E-state index is 0.0399. The Kier molecular flexibility index (Phi) is 6.31. The summed E-state index contributed by atoms with van der Waals surface area (Å²) in [7, 11) is 0. The third-order valence-corrected chi connectivity index (χ3v) is 13.1. The maximum atomic E-state index is 2.51. The van der Waals surface area contributed by atoms with Crippen molar-refractivity contribution in [3.63, 3.8) is 0 Å². The van der Waals surface area contributed by atoms with Crippen molar-refractivity contribution in [2.24, 2.45) is 0 Å². The summed E-state index contributed by atoms with van der Waals surface area (Å²) in [6, 6.07) is 61.0. The molecule has 0 radical (unpaired) electrons. The van der Waals surface area contributed by atoms with Gasteiger partial charge in [0.15, 0.2) is 0 Å². The van der Waals surface area contributed by atoms with Gasteiger partial charge in [0.1, 0.15) is 0 Å². The second-order valence-electron chi connectivity index (χ2n) is 13.7. The van der Waals surface area contributed by atoms with Crippen LogP contribution in [0.15, 0.2) is 164 Å². The van der Waals surface area contributed by atoms with Gasteiger partial charge in [0.25, 0.3) is 0 Å². The molecule has 10 rings (SSSR count). The molecule has 0 N–H and O–H groups in total. The first-order valence-electron chi connectivity index (χ1n) is 17.0. The first-order chi connectivity index (χ1) is 24.1. The van der Waals surface area contributed by atoms with Crippen LogP contribution in [0.1, 0.15) is 25.0 Å². The molecule has 1 nitrogen and oxygen atoms in total. The molecule has 1 aromatic heterocycles. The molecule has 0 unspecified atom stereocenters. The third kappa shape index (κ3) is 4.31. The molecule has 8 aromatic carbocycles. The summed E-state index contributed by atoms with van der Waals surface area (Å²) < 4.78 is 2.93. The van der Waals surface area contributed by atoms with Crippen molar-refractivity contribution in [1.29, 1.82) is 0 Å². The molecule has 1 aliphatic carbocycles. The van der Waals surface area contributed by atoms with E-state index < -0.39 is 0 Å². The predicted octanol–water partition coefficient (Wildman–Crippen LogP) is 12.8. The predicted molar refractivity (Wildman–Crippen MR) is 211 cm³/mol. The van der Waals surface area contributed by atoms with Gasteiger partial charge in [-0.2, -0.15) is 0 Å². The van der Waals surface area contributed by atoms with Crippen LogP contribution in [0.3, 0.4) is 0 Å². The fraction of sp³-hybridized carbons (Fsp3) is 0.0638. The van der Waals surface area contributed by atoms with Crippen molar-refractivity contribution in [1.82, 2.24) is 0 Å². The molecule has 49 heavy (non-hydrogen) atoms.